The van der Waals surface area contributed by atoms with Crippen LogP contribution in [0.5, 0.6) is 5.75 Å². The molecule has 0 saturated heterocycles. The van der Waals surface area contributed by atoms with Gasteiger partial charge in [0.15, 0.2) is 0 Å². The van der Waals surface area contributed by atoms with Crippen LogP contribution in [0.4, 0.5) is 19.1 Å². The van der Waals surface area contributed by atoms with Gasteiger partial charge in [-0.15, -0.1) is 13.2 Å². The number of halogens is 3. The van der Waals surface area contributed by atoms with Gasteiger partial charge >= 0.3 is 6.36 Å². The standard InChI is InChI=1S/C18H17F3N4O2/c19-18(20,21)27-13-6-3-5-12(11-13)16(26)22-9-4-10-23-17-24-14-7-1-2-8-15(14)25-17/h1-3,5-8,11H,4,9-10H2,(H,22,26)(H2,23,24,25). The highest BCUT2D eigenvalue weighted by Gasteiger charge is 2.31. The third-order valence-electron chi connectivity index (χ3n) is 3.65. The van der Waals surface area contributed by atoms with Crippen LogP contribution in [0.25, 0.3) is 11.0 Å². The Kier molecular flexibility index (Phi) is 5.49. The number of H-pyrrole nitrogens is 1. The summed E-state index contributed by atoms with van der Waals surface area (Å²) >= 11 is 0. The van der Waals surface area contributed by atoms with Gasteiger partial charge in [0.25, 0.3) is 5.91 Å². The van der Waals surface area contributed by atoms with Crippen molar-refractivity contribution in [2.45, 2.75) is 12.8 Å². The van der Waals surface area contributed by atoms with Gasteiger partial charge in [0.1, 0.15) is 5.75 Å². The summed E-state index contributed by atoms with van der Waals surface area (Å²) in [5, 5.41) is 5.77. The maximum atomic E-state index is 12.2. The number of rotatable bonds is 7. The van der Waals surface area contributed by atoms with Crippen LogP contribution in [-0.2, 0) is 0 Å². The van der Waals surface area contributed by atoms with E-state index in [0.29, 0.717) is 25.5 Å². The lowest BCUT2D eigenvalue weighted by atomic mass is 10.2. The van der Waals surface area contributed by atoms with Gasteiger partial charge in [0.05, 0.1) is 11.0 Å². The number of nitrogens with zero attached hydrogens (tertiary/aromatic N) is 1. The molecule has 1 aromatic heterocycles. The van der Waals surface area contributed by atoms with Crippen LogP contribution in [0.1, 0.15) is 16.8 Å². The molecule has 3 rings (SSSR count). The van der Waals surface area contributed by atoms with E-state index in [-0.39, 0.29) is 5.56 Å². The molecule has 1 heterocycles. The Bertz CT molecular complexity index is 891. The highest BCUT2D eigenvalue weighted by atomic mass is 19.4. The molecule has 1 amide bonds. The number of hydrogen-bond acceptors (Lipinski definition) is 4. The van der Waals surface area contributed by atoms with Crippen molar-refractivity contribution in [1.29, 1.82) is 0 Å². The average Bonchev–Trinajstić information content (AvgIpc) is 3.03. The predicted molar refractivity (Wildman–Crippen MR) is 94.7 cm³/mol. The van der Waals surface area contributed by atoms with Gasteiger partial charge in [0, 0.05) is 18.7 Å². The molecule has 3 aromatic rings. The number of benzene rings is 2. The van der Waals surface area contributed by atoms with Gasteiger partial charge in [0.2, 0.25) is 5.95 Å². The van der Waals surface area contributed by atoms with E-state index >= 15 is 0 Å². The van der Waals surface area contributed by atoms with Crippen LogP contribution < -0.4 is 15.4 Å². The summed E-state index contributed by atoms with van der Waals surface area (Å²) in [6.45, 7) is 0.924. The Hall–Kier alpha value is -3.23. The summed E-state index contributed by atoms with van der Waals surface area (Å²) in [4.78, 5) is 19.5. The molecule has 0 aliphatic rings. The van der Waals surface area contributed by atoms with Crippen LogP contribution in [0.15, 0.2) is 48.5 Å². The number of alkyl halides is 3. The van der Waals surface area contributed by atoms with Crippen molar-refractivity contribution in [3.63, 3.8) is 0 Å². The van der Waals surface area contributed by atoms with Crippen molar-refractivity contribution in [3.8, 4) is 5.75 Å². The SMILES string of the molecule is O=C(NCCCNc1nc2ccccc2[nH]1)c1cccc(OC(F)(F)F)c1. The van der Waals surface area contributed by atoms with Crippen molar-refractivity contribution in [2.24, 2.45) is 0 Å². The number of aromatic nitrogens is 2. The lowest BCUT2D eigenvalue weighted by molar-refractivity contribution is -0.274. The third-order valence-corrected chi connectivity index (χ3v) is 3.65. The van der Waals surface area contributed by atoms with Gasteiger partial charge in [-0.2, -0.15) is 0 Å². The van der Waals surface area contributed by atoms with Gasteiger partial charge in [-0.1, -0.05) is 18.2 Å². The van der Waals surface area contributed by atoms with E-state index in [1.165, 1.54) is 12.1 Å². The molecule has 0 saturated carbocycles. The van der Waals surface area contributed by atoms with E-state index in [1.807, 2.05) is 24.3 Å². The predicted octanol–water partition coefficient (Wildman–Crippen LogP) is 3.69. The molecule has 0 unspecified atom stereocenters. The fraction of sp³-hybridized carbons (Fsp3) is 0.222. The van der Waals surface area contributed by atoms with E-state index in [0.717, 1.165) is 23.2 Å². The Morgan fingerprint density at radius 3 is 2.70 bits per heavy atom. The number of ether oxygens (including phenoxy) is 1. The molecule has 0 bridgehead atoms. The molecule has 2 aromatic carbocycles. The number of anilines is 1. The zero-order chi connectivity index (χ0) is 19.3. The minimum atomic E-state index is -4.79. The number of imidazole rings is 1. The van der Waals surface area contributed by atoms with E-state index in [1.54, 1.807) is 0 Å². The second kappa shape index (κ2) is 7.98. The minimum absolute atomic E-state index is 0.0991. The maximum Gasteiger partial charge on any atom is 0.573 e. The van der Waals surface area contributed by atoms with Crippen molar-refractivity contribution < 1.29 is 22.7 Å². The minimum Gasteiger partial charge on any atom is -0.406 e. The highest BCUT2D eigenvalue weighted by molar-refractivity contribution is 5.94. The zero-order valence-corrected chi connectivity index (χ0v) is 14.1. The molecule has 0 spiro atoms. The van der Waals surface area contributed by atoms with E-state index in [4.69, 9.17) is 0 Å². The topological polar surface area (TPSA) is 79.0 Å². The molecular weight excluding hydrogens is 361 g/mol. The summed E-state index contributed by atoms with van der Waals surface area (Å²) in [5.41, 5.74) is 1.88. The first-order chi connectivity index (χ1) is 12.9. The molecule has 0 aliphatic heterocycles. The number of nitrogens with one attached hydrogen (secondary N) is 3. The molecule has 27 heavy (non-hydrogen) atoms. The zero-order valence-electron chi connectivity index (χ0n) is 14.1. The molecule has 0 aliphatic carbocycles. The fourth-order valence-corrected chi connectivity index (χ4v) is 2.47. The van der Waals surface area contributed by atoms with Crippen LogP contribution in [0.2, 0.25) is 0 Å². The van der Waals surface area contributed by atoms with Crippen molar-refractivity contribution in [3.05, 3.63) is 54.1 Å². The summed E-state index contributed by atoms with van der Waals surface area (Å²) in [7, 11) is 0. The smallest absolute Gasteiger partial charge is 0.406 e. The monoisotopic (exact) mass is 378 g/mol. The number of aromatic amines is 1. The molecule has 142 valence electrons. The molecule has 3 N–H and O–H groups in total. The maximum absolute atomic E-state index is 12.2. The van der Waals surface area contributed by atoms with Crippen molar-refractivity contribution in [2.75, 3.05) is 18.4 Å². The Morgan fingerprint density at radius 1 is 1.11 bits per heavy atom. The van der Waals surface area contributed by atoms with Crippen LogP contribution in [0.3, 0.4) is 0 Å². The fourth-order valence-electron chi connectivity index (χ4n) is 2.47. The summed E-state index contributed by atoms with van der Waals surface area (Å²) in [5.74, 6) is -0.257. The van der Waals surface area contributed by atoms with Crippen LogP contribution >= 0.6 is 0 Å². The first-order valence-corrected chi connectivity index (χ1v) is 8.23. The number of para-hydroxylation sites is 2. The molecule has 9 heteroatoms. The number of amides is 1. The second-order valence-electron chi connectivity index (χ2n) is 5.71. The van der Waals surface area contributed by atoms with E-state index in [2.05, 4.69) is 25.3 Å². The largest absolute Gasteiger partial charge is 0.573 e. The Balaban J connectivity index is 1.43. The van der Waals surface area contributed by atoms with Gasteiger partial charge < -0.3 is 20.4 Å². The van der Waals surface area contributed by atoms with Gasteiger partial charge in [-0.3, -0.25) is 4.79 Å². The summed E-state index contributed by atoms with van der Waals surface area (Å²) < 4.78 is 40.5. The van der Waals surface area contributed by atoms with Crippen molar-refractivity contribution >= 4 is 22.9 Å². The number of fused-ring (bicyclic) bond motifs is 1. The lowest BCUT2D eigenvalue weighted by Gasteiger charge is -2.10. The van der Waals surface area contributed by atoms with Crippen LogP contribution in [0, 0.1) is 0 Å². The van der Waals surface area contributed by atoms with E-state index < -0.39 is 18.0 Å². The number of carbonyl (C=O) groups is 1. The quantitative estimate of drug-likeness (QED) is 0.548. The third kappa shape index (κ3) is 5.37. The first kappa shape index (κ1) is 18.6. The van der Waals surface area contributed by atoms with Gasteiger partial charge in [-0.25, -0.2) is 4.98 Å². The highest BCUT2D eigenvalue weighted by Crippen LogP contribution is 2.23. The normalized spacial score (nSPS) is 11.4. The van der Waals surface area contributed by atoms with E-state index in [9.17, 15) is 18.0 Å². The Morgan fingerprint density at radius 2 is 1.93 bits per heavy atom. The molecule has 0 fully saturated rings. The van der Waals surface area contributed by atoms with Gasteiger partial charge in [-0.05, 0) is 36.8 Å². The summed E-state index contributed by atoms with van der Waals surface area (Å²) in [6.07, 6.45) is -4.18. The molecular formula is C18H17F3N4O2. The number of carbonyl (C=O) groups excluding carboxylic acids is 1. The van der Waals surface area contributed by atoms with Crippen molar-refractivity contribution in [1.82, 2.24) is 15.3 Å². The average molecular weight is 378 g/mol. The van der Waals surface area contributed by atoms with Crippen LogP contribution in [-0.4, -0.2) is 35.3 Å². The first-order valence-electron chi connectivity index (χ1n) is 8.23. The molecule has 6 nitrogen and oxygen atoms in total. The summed E-state index contributed by atoms with van der Waals surface area (Å²) in [6, 6.07) is 12.6. The second-order valence-corrected chi connectivity index (χ2v) is 5.71. The number of hydrogen-bond donors (Lipinski definition) is 3. The molecule has 0 atom stereocenters. The lowest BCUT2D eigenvalue weighted by Crippen LogP contribution is -2.26. The Labute approximate surface area is 152 Å². The molecule has 0 radical (unpaired) electrons.